The molecule has 1 atom stereocenters. The van der Waals surface area contributed by atoms with E-state index in [1.165, 1.54) is 16.2 Å². The van der Waals surface area contributed by atoms with E-state index in [1.54, 1.807) is 55.6 Å². The fraction of sp³-hybridized carbons (Fsp3) is 0.259. The van der Waals surface area contributed by atoms with Crippen molar-refractivity contribution in [1.29, 1.82) is 0 Å². The Labute approximate surface area is 203 Å². The molecule has 4 rings (SSSR count). The molecule has 1 unspecified atom stereocenters. The van der Waals surface area contributed by atoms with Crippen molar-refractivity contribution in [3.05, 3.63) is 81.6 Å². The van der Waals surface area contributed by atoms with Crippen LogP contribution in [0.25, 0.3) is 5.76 Å². The lowest BCUT2D eigenvalue weighted by Gasteiger charge is -2.25. The number of Topliss-reactive ketones (excluding diaryl/α,β-unsaturated/α-hetero) is 1. The first-order chi connectivity index (χ1) is 16.3. The number of ether oxygens (including phenoxy) is 2. The van der Waals surface area contributed by atoms with Gasteiger partial charge in [0, 0.05) is 16.1 Å². The Bertz CT molecular complexity index is 1220. The standard InChI is InChI=1S/C27H27NO5S/c1-16(2)15-33-21-9-5-18(6-10-21)24(29)22-23(26-17(3)13-14-34-26)28(27(31)25(22)30)19-7-11-20(32-4)12-8-19/h5-14,16,23,29H,15H2,1-4H3/b24-22-. The number of ketones is 1. The van der Waals surface area contributed by atoms with Crippen LogP contribution in [0.2, 0.25) is 0 Å². The van der Waals surface area contributed by atoms with Gasteiger partial charge in [0.15, 0.2) is 0 Å². The molecule has 0 bridgehead atoms. The molecule has 0 saturated carbocycles. The van der Waals surface area contributed by atoms with Crippen LogP contribution < -0.4 is 14.4 Å². The predicted octanol–water partition coefficient (Wildman–Crippen LogP) is 5.73. The minimum absolute atomic E-state index is 0.0715. The molecular weight excluding hydrogens is 450 g/mol. The van der Waals surface area contributed by atoms with Crippen LogP contribution in [-0.4, -0.2) is 30.5 Å². The van der Waals surface area contributed by atoms with Crippen LogP contribution in [0.15, 0.2) is 65.6 Å². The van der Waals surface area contributed by atoms with E-state index in [1.807, 2.05) is 18.4 Å². The van der Waals surface area contributed by atoms with Crippen LogP contribution >= 0.6 is 11.3 Å². The summed E-state index contributed by atoms with van der Waals surface area (Å²) in [7, 11) is 1.56. The molecule has 3 aromatic rings. The zero-order valence-electron chi connectivity index (χ0n) is 19.6. The number of aryl methyl sites for hydroxylation is 1. The van der Waals surface area contributed by atoms with Crippen LogP contribution in [0.5, 0.6) is 11.5 Å². The predicted molar refractivity (Wildman–Crippen MR) is 134 cm³/mol. The van der Waals surface area contributed by atoms with Crippen molar-refractivity contribution in [3.63, 3.8) is 0 Å². The highest BCUT2D eigenvalue weighted by molar-refractivity contribution is 7.10. The molecule has 1 saturated heterocycles. The molecular formula is C27H27NO5S. The number of aliphatic hydroxyl groups is 1. The van der Waals surface area contributed by atoms with E-state index < -0.39 is 17.7 Å². The third-order valence-electron chi connectivity index (χ3n) is 5.66. The summed E-state index contributed by atoms with van der Waals surface area (Å²) in [6.07, 6.45) is 0. The second kappa shape index (κ2) is 9.73. The molecule has 34 heavy (non-hydrogen) atoms. The van der Waals surface area contributed by atoms with Crippen molar-refractivity contribution in [3.8, 4) is 11.5 Å². The van der Waals surface area contributed by atoms with Gasteiger partial charge in [-0.2, -0.15) is 0 Å². The molecule has 1 fully saturated rings. The number of anilines is 1. The first-order valence-corrected chi connectivity index (χ1v) is 11.9. The maximum atomic E-state index is 13.2. The van der Waals surface area contributed by atoms with Gasteiger partial charge in [-0.05, 0) is 78.4 Å². The van der Waals surface area contributed by atoms with Crippen LogP contribution in [0, 0.1) is 12.8 Å². The van der Waals surface area contributed by atoms with E-state index in [9.17, 15) is 14.7 Å². The second-order valence-electron chi connectivity index (χ2n) is 8.56. The number of aliphatic hydroxyl groups excluding tert-OH is 1. The average molecular weight is 478 g/mol. The van der Waals surface area contributed by atoms with Gasteiger partial charge in [-0.25, -0.2) is 0 Å². The van der Waals surface area contributed by atoms with E-state index in [2.05, 4.69) is 13.8 Å². The Balaban J connectivity index is 1.79. The zero-order valence-corrected chi connectivity index (χ0v) is 20.4. The molecule has 1 aliphatic rings. The maximum absolute atomic E-state index is 13.2. The fourth-order valence-corrected chi connectivity index (χ4v) is 4.91. The van der Waals surface area contributed by atoms with E-state index in [0.29, 0.717) is 35.3 Å². The van der Waals surface area contributed by atoms with Crippen molar-refractivity contribution in [1.82, 2.24) is 0 Å². The molecule has 176 valence electrons. The Hall–Kier alpha value is -3.58. The second-order valence-corrected chi connectivity index (χ2v) is 9.51. The maximum Gasteiger partial charge on any atom is 0.300 e. The van der Waals surface area contributed by atoms with Gasteiger partial charge in [-0.15, -0.1) is 11.3 Å². The first kappa shape index (κ1) is 23.6. The van der Waals surface area contributed by atoms with Crippen molar-refractivity contribution in [2.45, 2.75) is 26.8 Å². The fourth-order valence-electron chi connectivity index (χ4n) is 3.88. The molecule has 1 N–H and O–H groups in total. The quantitative estimate of drug-likeness (QED) is 0.267. The molecule has 2 heterocycles. The van der Waals surface area contributed by atoms with Crippen molar-refractivity contribution in [2.24, 2.45) is 5.92 Å². The van der Waals surface area contributed by atoms with E-state index in [4.69, 9.17) is 9.47 Å². The summed E-state index contributed by atoms with van der Waals surface area (Å²) >= 11 is 1.45. The Morgan fingerprint density at radius 1 is 1.03 bits per heavy atom. The van der Waals surface area contributed by atoms with Crippen LogP contribution in [0.1, 0.15) is 35.9 Å². The highest BCUT2D eigenvalue weighted by Gasteiger charge is 2.47. The van der Waals surface area contributed by atoms with Crippen LogP contribution in [0.3, 0.4) is 0 Å². The summed E-state index contributed by atoms with van der Waals surface area (Å²) in [6, 6.07) is 15.1. The van der Waals surface area contributed by atoms with E-state index in [0.717, 1.165) is 10.4 Å². The summed E-state index contributed by atoms with van der Waals surface area (Å²) in [5.41, 5.74) is 2.02. The number of nitrogens with zero attached hydrogens (tertiary/aromatic N) is 1. The smallest absolute Gasteiger partial charge is 0.300 e. The van der Waals surface area contributed by atoms with Gasteiger partial charge < -0.3 is 14.6 Å². The number of carbonyl (C=O) groups is 2. The molecule has 7 heteroatoms. The van der Waals surface area contributed by atoms with Crippen LogP contribution in [0.4, 0.5) is 5.69 Å². The molecule has 6 nitrogen and oxygen atoms in total. The lowest BCUT2D eigenvalue weighted by atomic mass is 9.98. The normalized spacial score (nSPS) is 17.4. The SMILES string of the molecule is COc1ccc(N2C(=O)C(=O)/C(=C(\O)c3ccc(OCC(C)C)cc3)C2c2sccc2C)cc1. The molecule has 1 amide bonds. The minimum Gasteiger partial charge on any atom is -0.507 e. The number of methoxy groups -OCH3 is 1. The average Bonchev–Trinajstić information content (AvgIpc) is 3.37. The number of hydrogen-bond donors (Lipinski definition) is 1. The third kappa shape index (κ3) is 4.43. The van der Waals surface area contributed by atoms with Crippen LogP contribution in [-0.2, 0) is 9.59 Å². The molecule has 1 aliphatic heterocycles. The van der Waals surface area contributed by atoms with E-state index in [-0.39, 0.29) is 11.3 Å². The number of thiophene rings is 1. The van der Waals surface area contributed by atoms with Gasteiger partial charge >= 0.3 is 0 Å². The Morgan fingerprint density at radius 2 is 1.68 bits per heavy atom. The zero-order chi connectivity index (χ0) is 24.4. The van der Waals surface area contributed by atoms with Gasteiger partial charge in [-0.1, -0.05) is 13.8 Å². The highest BCUT2D eigenvalue weighted by atomic mass is 32.1. The minimum atomic E-state index is -0.731. The Morgan fingerprint density at radius 3 is 2.24 bits per heavy atom. The van der Waals surface area contributed by atoms with Gasteiger partial charge in [0.05, 0.1) is 19.3 Å². The van der Waals surface area contributed by atoms with Gasteiger partial charge in [0.2, 0.25) is 0 Å². The lowest BCUT2D eigenvalue weighted by molar-refractivity contribution is -0.132. The summed E-state index contributed by atoms with van der Waals surface area (Å²) in [4.78, 5) is 28.7. The molecule has 0 spiro atoms. The van der Waals surface area contributed by atoms with Crippen molar-refractivity contribution < 1.29 is 24.2 Å². The molecule has 1 aromatic heterocycles. The molecule has 2 aromatic carbocycles. The third-order valence-corrected chi connectivity index (χ3v) is 6.73. The van der Waals surface area contributed by atoms with Gasteiger partial charge in [0.25, 0.3) is 11.7 Å². The molecule has 0 aliphatic carbocycles. The topological polar surface area (TPSA) is 76.1 Å². The van der Waals surface area contributed by atoms with Crippen molar-refractivity contribution >= 4 is 34.5 Å². The van der Waals surface area contributed by atoms with Gasteiger partial charge in [-0.3, -0.25) is 14.5 Å². The summed E-state index contributed by atoms with van der Waals surface area (Å²) in [5.74, 6) is 0.102. The number of carbonyl (C=O) groups excluding carboxylic acids is 2. The monoisotopic (exact) mass is 477 g/mol. The van der Waals surface area contributed by atoms with E-state index >= 15 is 0 Å². The lowest BCUT2D eigenvalue weighted by Crippen LogP contribution is -2.29. The largest absolute Gasteiger partial charge is 0.507 e. The first-order valence-electron chi connectivity index (χ1n) is 11.0. The Kier molecular flexibility index (Phi) is 6.75. The summed E-state index contributed by atoms with van der Waals surface area (Å²) < 4.78 is 10.9. The number of amides is 1. The number of hydrogen-bond acceptors (Lipinski definition) is 6. The number of rotatable bonds is 7. The summed E-state index contributed by atoms with van der Waals surface area (Å²) in [6.45, 7) is 6.64. The molecule has 0 radical (unpaired) electrons. The van der Waals surface area contributed by atoms with Gasteiger partial charge in [0.1, 0.15) is 23.3 Å². The van der Waals surface area contributed by atoms with Crippen molar-refractivity contribution in [2.75, 3.05) is 18.6 Å². The summed E-state index contributed by atoms with van der Waals surface area (Å²) in [5, 5.41) is 13.2. The number of benzene rings is 2. The highest BCUT2D eigenvalue weighted by Crippen LogP contribution is 2.45.